The first-order chi connectivity index (χ1) is 10.3. The molecule has 3 rings (SSSR count). The van der Waals surface area contributed by atoms with E-state index in [2.05, 4.69) is 5.32 Å². The molecule has 1 heterocycles. The second-order valence-corrected chi connectivity index (χ2v) is 5.17. The molecule has 3 nitrogen and oxygen atoms in total. The third kappa shape index (κ3) is 2.89. The number of urea groups is 1. The van der Waals surface area contributed by atoms with Gasteiger partial charge >= 0.3 is 6.03 Å². The van der Waals surface area contributed by atoms with Gasteiger partial charge in [-0.15, -0.1) is 0 Å². The van der Waals surface area contributed by atoms with Crippen molar-refractivity contribution in [3.63, 3.8) is 0 Å². The minimum atomic E-state index is -0.248. The number of halogens is 1. The summed E-state index contributed by atoms with van der Waals surface area (Å²) in [6, 6.07) is 15.6. The number of amides is 2. The number of carbonyl (C=O) groups is 1. The minimum Gasteiger partial charge on any atom is -0.317 e. The molecule has 108 valence electrons. The van der Waals surface area contributed by atoms with Crippen LogP contribution in [0.25, 0.3) is 0 Å². The third-order valence-corrected chi connectivity index (χ3v) is 3.80. The molecular formula is C17H17FN2O. The minimum absolute atomic E-state index is 0.174. The Morgan fingerprint density at radius 3 is 2.57 bits per heavy atom. The van der Waals surface area contributed by atoms with Crippen LogP contribution in [0, 0.1) is 5.82 Å². The first-order valence-electron chi connectivity index (χ1n) is 7.13. The Morgan fingerprint density at radius 1 is 1.10 bits per heavy atom. The van der Waals surface area contributed by atoms with Crippen molar-refractivity contribution >= 4 is 11.7 Å². The first kappa shape index (κ1) is 13.6. The molecule has 1 atom stereocenters. The van der Waals surface area contributed by atoms with Crippen LogP contribution < -0.4 is 5.32 Å². The molecule has 0 spiro atoms. The van der Waals surface area contributed by atoms with E-state index in [1.807, 2.05) is 36.4 Å². The number of nitrogens with one attached hydrogen (secondary N) is 1. The van der Waals surface area contributed by atoms with Gasteiger partial charge < -0.3 is 10.2 Å². The number of benzene rings is 2. The van der Waals surface area contributed by atoms with Gasteiger partial charge in [0.25, 0.3) is 0 Å². The smallest absolute Gasteiger partial charge is 0.317 e. The van der Waals surface area contributed by atoms with Crippen LogP contribution in [0.15, 0.2) is 54.6 Å². The van der Waals surface area contributed by atoms with Crippen molar-refractivity contribution in [2.75, 3.05) is 11.9 Å². The molecule has 1 aliphatic heterocycles. The normalized spacial score (nSPS) is 17.8. The zero-order chi connectivity index (χ0) is 14.7. The van der Waals surface area contributed by atoms with Gasteiger partial charge in [0.1, 0.15) is 5.82 Å². The molecule has 1 saturated heterocycles. The maximum Gasteiger partial charge on any atom is 0.322 e. The van der Waals surface area contributed by atoms with Gasteiger partial charge in [0.15, 0.2) is 0 Å². The molecule has 0 aliphatic carbocycles. The number of anilines is 1. The van der Waals surface area contributed by atoms with Crippen LogP contribution in [0.4, 0.5) is 14.9 Å². The average molecular weight is 284 g/mol. The Labute approximate surface area is 123 Å². The number of likely N-dealkylation sites (tertiary alicyclic amines) is 1. The average Bonchev–Trinajstić information content (AvgIpc) is 2.98. The van der Waals surface area contributed by atoms with Gasteiger partial charge in [-0.25, -0.2) is 9.18 Å². The van der Waals surface area contributed by atoms with Crippen molar-refractivity contribution in [2.45, 2.75) is 18.9 Å². The van der Waals surface area contributed by atoms with Crippen LogP contribution in [0.3, 0.4) is 0 Å². The Kier molecular flexibility index (Phi) is 3.86. The van der Waals surface area contributed by atoms with Gasteiger partial charge in [0, 0.05) is 17.8 Å². The molecule has 1 N–H and O–H groups in total. The fraction of sp³-hybridized carbons (Fsp3) is 0.235. The second kappa shape index (κ2) is 5.95. The Balaban J connectivity index is 1.78. The molecule has 0 aromatic heterocycles. The number of nitrogens with zero attached hydrogens (tertiary/aromatic N) is 1. The molecule has 21 heavy (non-hydrogen) atoms. The highest BCUT2D eigenvalue weighted by atomic mass is 19.1. The van der Waals surface area contributed by atoms with Crippen LogP contribution in [-0.2, 0) is 0 Å². The zero-order valence-electron chi connectivity index (χ0n) is 11.6. The molecule has 0 unspecified atom stereocenters. The van der Waals surface area contributed by atoms with Crippen LogP contribution in [0.1, 0.15) is 24.4 Å². The number of hydrogen-bond acceptors (Lipinski definition) is 1. The topological polar surface area (TPSA) is 32.3 Å². The summed E-state index contributed by atoms with van der Waals surface area (Å²) in [7, 11) is 0. The number of para-hydroxylation sites is 1. The second-order valence-electron chi connectivity index (χ2n) is 5.17. The van der Waals surface area contributed by atoms with Gasteiger partial charge in [-0.3, -0.25) is 0 Å². The van der Waals surface area contributed by atoms with E-state index in [1.54, 1.807) is 17.0 Å². The standard InChI is InChI=1S/C17H17FN2O/c18-15-10-5-4-9-14(15)16-11-6-12-20(16)17(21)19-13-7-2-1-3-8-13/h1-5,7-10,16H,6,11-12H2,(H,19,21)/t16-/m1/s1. The summed E-state index contributed by atoms with van der Waals surface area (Å²) in [4.78, 5) is 14.1. The van der Waals surface area contributed by atoms with Gasteiger partial charge in [-0.2, -0.15) is 0 Å². The molecule has 4 heteroatoms. The monoisotopic (exact) mass is 284 g/mol. The Hall–Kier alpha value is -2.36. The lowest BCUT2D eigenvalue weighted by molar-refractivity contribution is 0.206. The Bertz CT molecular complexity index is 630. The summed E-state index contributed by atoms with van der Waals surface area (Å²) in [5.41, 5.74) is 1.35. The van der Waals surface area contributed by atoms with Crippen molar-refractivity contribution in [3.8, 4) is 0 Å². The van der Waals surface area contributed by atoms with E-state index >= 15 is 0 Å². The maximum absolute atomic E-state index is 13.9. The summed E-state index contributed by atoms with van der Waals surface area (Å²) in [5.74, 6) is -0.248. The lowest BCUT2D eigenvalue weighted by atomic mass is 10.0. The van der Waals surface area contributed by atoms with E-state index in [-0.39, 0.29) is 17.9 Å². The molecule has 1 aliphatic rings. The Morgan fingerprint density at radius 2 is 1.81 bits per heavy atom. The van der Waals surface area contributed by atoms with E-state index in [0.717, 1.165) is 18.5 Å². The number of rotatable bonds is 2. The van der Waals surface area contributed by atoms with Crippen molar-refractivity contribution in [3.05, 3.63) is 66.0 Å². The largest absolute Gasteiger partial charge is 0.322 e. The SMILES string of the molecule is O=C(Nc1ccccc1)N1CCC[C@@H]1c1ccccc1F. The number of carbonyl (C=O) groups excluding carboxylic acids is 1. The fourth-order valence-electron chi connectivity index (χ4n) is 2.80. The first-order valence-corrected chi connectivity index (χ1v) is 7.13. The molecular weight excluding hydrogens is 267 g/mol. The van der Waals surface area contributed by atoms with Crippen LogP contribution in [-0.4, -0.2) is 17.5 Å². The summed E-state index contributed by atoms with van der Waals surface area (Å²) >= 11 is 0. The van der Waals surface area contributed by atoms with E-state index in [0.29, 0.717) is 12.1 Å². The molecule has 0 radical (unpaired) electrons. The fourth-order valence-corrected chi connectivity index (χ4v) is 2.80. The van der Waals surface area contributed by atoms with E-state index in [4.69, 9.17) is 0 Å². The van der Waals surface area contributed by atoms with Crippen LogP contribution in [0.5, 0.6) is 0 Å². The molecule has 0 bridgehead atoms. The molecule has 2 aromatic carbocycles. The van der Waals surface area contributed by atoms with Crippen LogP contribution >= 0.6 is 0 Å². The van der Waals surface area contributed by atoms with Gasteiger partial charge in [-0.1, -0.05) is 36.4 Å². The summed E-state index contributed by atoms with van der Waals surface area (Å²) < 4.78 is 13.9. The van der Waals surface area contributed by atoms with E-state index in [1.165, 1.54) is 6.07 Å². The highest BCUT2D eigenvalue weighted by molar-refractivity contribution is 5.89. The third-order valence-electron chi connectivity index (χ3n) is 3.80. The quantitative estimate of drug-likeness (QED) is 0.881. The van der Waals surface area contributed by atoms with Crippen molar-refractivity contribution in [1.29, 1.82) is 0 Å². The summed E-state index contributed by atoms with van der Waals surface area (Å²) in [5, 5.41) is 2.87. The van der Waals surface area contributed by atoms with Crippen LogP contribution in [0.2, 0.25) is 0 Å². The van der Waals surface area contributed by atoms with E-state index in [9.17, 15) is 9.18 Å². The van der Waals surface area contributed by atoms with Crippen molar-refractivity contribution < 1.29 is 9.18 Å². The lowest BCUT2D eigenvalue weighted by Gasteiger charge is -2.25. The summed E-state index contributed by atoms with van der Waals surface area (Å²) in [6.07, 6.45) is 1.68. The van der Waals surface area contributed by atoms with Crippen molar-refractivity contribution in [1.82, 2.24) is 4.90 Å². The van der Waals surface area contributed by atoms with Gasteiger partial charge in [0.2, 0.25) is 0 Å². The highest BCUT2D eigenvalue weighted by Crippen LogP contribution is 2.33. The summed E-state index contributed by atoms with van der Waals surface area (Å²) in [6.45, 7) is 0.650. The van der Waals surface area contributed by atoms with E-state index < -0.39 is 0 Å². The molecule has 0 saturated carbocycles. The predicted molar refractivity (Wildman–Crippen MR) is 80.5 cm³/mol. The highest BCUT2D eigenvalue weighted by Gasteiger charge is 2.31. The number of hydrogen-bond donors (Lipinski definition) is 1. The maximum atomic E-state index is 13.9. The van der Waals surface area contributed by atoms with Gasteiger partial charge in [-0.05, 0) is 31.0 Å². The zero-order valence-corrected chi connectivity index (χ0v) is 11.6. The van der Waals surface area contributed by atoms with Gasteiger partial charge in [0.05, 0.1) is 6.04 Å². The molecule has 2 amide bonds. The molecule has 2 aromatic rings. The lowest BCUT2D eigenvalue weighted by Crippen LogP contribution is -2.34. The van der Waals surface area contributed by atoms with Crippen molar-refractivity contribution in [2.24, 2.45) is 0 Å². The predicted octanol–water partition coefficient (Wildman–Crippen LogP) is 4.19. The molecule has 1 fully saturated rings.